The number of aliphatic hydroxyl groups excluding tert-OH is 3. The van der Waals surface area contributed by atoms with Crippen LogP contribution in [0.3, 0.4) is 0 Å². The fourth-order valence-corrected chi connectivity index (χ4v) is 0.760. The minimum atomic E-state index is 0. The first-order valence-electron chi connectivity index (χ1n) is 3.40. The van der Waals surface area contributed by atoms with Crippen molar-refractivity contribution in [3.63, 3.8) is 0 Å². The van der Waals surface area contributed by atoms with E-state index >= 15 is 0 Å². The average Bonchev–Trinajstić information content (AvgIpc) is 1.90. The third-order valence-electron chi connectivity index (χ3n) is 1.25. The third kappa shape index (κ3) is 16.4. The molecule has 0 fully saturated rings. The van der Waals surface area contributed by atoms with E-state index in [0.717, 1.165) is 0 Å². The van der Waals surface area contributed by atoms with Crippen molar-refractivity contribution in [2.24, 2.45) is 0 Å². The van der Waals surface area contributed by atoms with Crippen molar-refractivity contribution in [2.75, 3.05) is 39.5 Å². The van der Waals surface area contributed by atoms with Crippen molar-refractivity contribution in [1.29, 1.82) is 0 Å². The summed E-state index contributed by atoms with van der Waals surface area (Å²) in [6.07, 6.45) is 0. The van der Waals surface area contributed by atoms with Crippen LogP contribution >= 0.6 is 0 Å². The van der Waals surface area contributed by atoms with Crippen molar-refractivity contribution in [3.05, 3.63) is 0 Å². The Morgan fingerprint density at radius 2 is 0.923 bits per heavy atom. The van der Waals surface area contributed by atoms with Gasteiger partial charge in [-0.3, -0.25) is 4.90 Å². The Bertz CT molecular complexity index is 68.6. The van der Waals surface area contributed by atoms with Crippen molar-refractivity contribution < 1.29 is 40.1 Å². The van der Waals surface area contributed by atoms with Crippen LogP contribution in [0.25, 0.3) is 0 Å². The molecule has 78 valence electrons. The second kappa shape index (κ2) is 19.3. The summed E-state index contributed by atoms with van der Waals surface area (Å²) in [5.41, 5.74) is 0. The topological polar surface area (TPSA) is 63.9 Å². The van der Waals surface area contributed by atoms with Gasteiger partial charge in [0.2, 0.25) is 0 Å². The monoisotopic (exact) mass is 259 g/mol. The Balaban J connectivity index is -0.000000135. The van der Waals surface area contributed by atoms with Gasteiger partial charge in [-0.15, -0.1) is 0 Å². The quantitative estimate of drug-likeness (QED) is 0.415. The molecule has 0 bridgehead atoms. The first-order chi connectivity index (χ1) is 4.85. The van der Waals surface area contributed by atoms with E-state index in [1.54, 1.807) is 4.90 Å². The van der Waals surface area contributed by atoms with Gasteiger partial charge < -0.3 is 40.1 Å². The van der Waals surface area contributed by atoms with Crippen LogP contribution < -0.4 is 24.8 Å². The van der Waals surface area contributed by atoms with E-state index in [9.17, 15) is 0 Å². The van der Waals surface area contributed by atoms with Crippen molar-refractivity contribution in [1.82, 2.24) is 4.90 Å². The predicted molar refractivity (Wildman–Crippen MR) is 43.5 cm³/mol. The van der Waals surface area contributed by atoms with Gasteiger partial charge >= 0.3 is 37.7 Å². The van der Waals surface area contributed by atoms with E-state index in [1.165, 1.54) is 0 Å². The Labute approximate surface area is 121 Å². The zero-order valence-corrected chi connectivity index (χ0v) is 11.2. The number of rotatable bonds is 6. The molecule has 0 aromatic heterocycles. The average molecular weight is 260 g/mol. The fraction of sp³-hybridized carbons (Fsp3) is 1.00. The number of hydrogen-bond acceptors (Lipinski definition) is 4. The summed E-state index contributed by atoms with van der Waals surface area (Å²) < 4.78 is 0. The summed E-state index contributed by atoms with van der Waals surface area (Å²) in [4.78, 5) is 1.79. The Morgan fingerprint density at radius 3 is 1.08 bits per heavy atom. The molecule has 0 atom stereocenters. The second-order valence-electron chi connectivity index (χ2n) is 2.01. The molecular weight excluding hydrogens is 245 g/mol. The van der Waals surface area contributed by atoms with E-state index in [-0.39, 0.29) is 82.4 Å². The number of halogens is 2. The molecule has 0 unspecified atom stereocenters. The predicted octanol–water partition coefficient (Wildman–Crippen LogP) is -8.11. The molecule has 4 nitrogen and oxygen atoms in total. The minimum absolute atomic E-state index is 0. The number of aliphatic hydroxyl groups is 3. The molecule has 0 amide bonds. The Morgan fingerprint density at radius 1 is 0.692 bits per heavy atom. The zero-order chi connectivity index (χ0) is 7.82. The normalized spacial score (nSPS) is 8.31. The molecule has 7 heteroatoms. The van der Waals surface area contributed by atoms with E-state index in [0.29, 0.717) is 19.6 Å². The van der Waals surface area contributed by atoms with Crippen LogP contribution in [0, 0.1) is 0 Å². The Kier molecular flexibility index (Phi) is 35.7. The van der Waals surface area contributed by atoms with Crippen LogP contribution in [0.4, 0.5) is 0 Å². The van der Waals surface area contributed by atoms with Gasteiger partial charge in [-0.2, -0.15) is 0 Å². The van der Waals surface area contributed by atoms with Gasteiger partial charge in [0.25, 0.3) is 0 Å². The molecule has 3 N–H and O–H groups in total. The van der Waals surface area contributed by atoms with Gasteiger partial charge in [-0.1, -0.05) is 0 Å². The molecule has 0 aromatic rings. The number of nitrogens with zero attached hydrogens (tertiary/aromatic N) is 1. The van der Waals surface area contributed by atoms with Crippen LogP contribution in [0.5, 0.6) is 0 Å². The van der Waals surface area contributed by atoms with E-state index in [1.807, 2.05) is 0 Å². The molecule has 13 heavy (non-hydrogen) atoms. The van der Waals surface area contributed by atoms with E-state index in [4.69, 9.17) is 15.3 Å². The molecule has 0 saturated carbocycles. The maximum absolute atomic E-state index is 8.48. The molecule has 0 spiro atoms. The summed E-state index contributed by atoms with van der Waals surface area (Å²) in [7, 11) is 0. The van der Waals surface area contributed by atoms with Crippen LogP contribution in [-0.4, -0.2) is 97.4 Å². The summed E-state index contributed by atoms with van der Waals surface area (Å²) in [6, 6.07) is 0. The van der Waals surface area contributed by atoms with Gasteiger partial charge in [0, 0.05) is 19.6 Å². The molecule has 0 aliphatic rings. The maximum Gasteiger partial charge on any atom is 2.00 e. The summed E-state index contributed by atoms with van der Waals surface area (Å²) >= 11 is 0. The van der Waals surface area contributed by atoms with Gasteiger partial charge in [0.15, 0.2) is 0 Å². The standard InChI is InChI=1S/C6H15NO3.Ca.2ClH/c8-4-1-7(2-5-9)3-6-10;;;/h8-10H,1-6H2;;2*1H/q;+2;;/p-2. The summed E-state index contributed by atoms with van der Waals surface area (Å²) in [6.45, 7) is 1.75. The maximum atomic E-state index is 8.48. The SMILES string of the molecule is OCCN(CCO)CCO.[Ca+2].[Cl-].[Cl-]. The molecule has 0 heterocycles. The van der Waals surface area contributed by atoms with Crippen molar-refractivity contribution >= 4 is 37.7 Å². The van der Waals surface area contributed by atoms with Crippen molar-refractivity contribution in [2.45, 2.75) is 0 Å². The molecule has 0 radical (unpaired) electrons. The first-order valence-corrected chi connectivity index (χ1v) is 3.40. The smallest absolute Gasteiger partial charge is 1.00 e. The zero-order valence-electron chi connectivity index (χ0n) is 7.49. The summed E-state index contributed by atoms with van der Waals surface area (Å²) in [5, 5.41) is 25.5. The molecule has 0 aliphatic carbocycles. The Hall–Kier alpha value is 1.68. The molecule has 0 saturated heterocycles. The van der Waals surface area contributed by atoms with Crippen LogP contribution in [0.15, 0.2) is 0 Å². The van der Waals surface area contributed by atoms with Crippen LogP contribution in [-0.2, 0) is 0 Å². The first kappa shape index (κ1) is 24.1. The van der Waals surface area contributed by atoms with Gasteiger partial charge in [0.05, 0.1) is 19.8 Å². The molecular formula is C6H15CaCl2NO3. The largest absolute Gasteiger partial charge is 2.00 e. The minimum Gasteiger partial charge on any atom is -1.00 e. The molecule has 0 aliphatic heterocycles. The second-order valence-corrected chi connectivity index (χ2v) is 2.01. The molecule has 0 aromatic carbocycles. The molecule has 0 rings (SSSR count). The van der Waals surface area contributed by atoms with Crippen molar-refractivity contribution in [3.8, 4) is 0 Å². The number of hydrogen-bond donors (Lipinski definition) is 3. The van der Waals surface area contributed by atoms with Gasteiger partial charge in [-0.25, -0.2) is 0 Å². The summed E-state index contributed by atoms with van der Waals surface area (Å²) in [5.74, 6) is 0. The third-order valence-corrected chi connectivity index (χ3v) is 1.25. The fourth-order valence-electron chi connectivity index (χ4n) is 0.760. The van der Waals surface area contributed by atoms with Crippen LogP contribution in [0.1, 0.15) is 0 Å². The van der Waals surface area contributed by atoms with Crippen LogP contribution in [0.2, 0.25) is 0 Å². The van der Waals surface area contributed by atoms with E-state index in [2.05, 4.69) is 0 Å². The van der Waals surface area contributed by atoms with Gasteiger partial charge in [-0.05, 0) is 0 Å². The van der Waals surface area contributed by atoms with Gasteiger partial charge in [0.1, 0.15) is 0 Å². The van der Waals surface area contributed by atoms with E-state index < -0.39 is 0 Å².